The first-order chi connectivity index (χ1) is 10.0. The molecule has 2 aromatic rings. The molecule has 0 amide bonds. The van der Waals surface area contributed by atoms with Gasteiger partial charge in [-0.25, -0.2) is 0 Å². The van der Waals surface area contributed by atoms with Crippen LogP contribution < -0.4 is 5.56 Å². The van der Waals surface area contributed by atoms with Gasteiger partial charge in [-0.1, -0.05) is 0 Å². The van der Waals surface area contributed by atoms with E-state index < -0.39 is 6.29 Å². The number of ether oxygens (including phenoxy) is 2. The van der Waals surface area contributed by atoms with E-state index in [0.29, 0.717) is 17.6 Å². The SMILES string of the molecule is COC(CN=Cc1cc(=O)[nH]c2cc(O)c(C)cc12)OC. The van der Waals surface area contributed by atoms with Gasteiger partial charge in [-0.2, -0.15) is 0 Å². The Morgan fingerprint density at radius 3 is 2.71 bits per heavy atom. The number of phenols is 1. The first kappa shape index (κ1) is 15.2. The molecule has 0 aliphatic carbocycles. The second-order valence-electron chi connectivity index (χ2n) is 4.67. The van der Waals surface area contributed by atoms with Crippen molar-refractivity contribution in [1.29, 1.82) is 0 Å². The fraction of sp³-hybridized carbons (Fsp3) is 0.333. The molecule has 1 aromatic carbocycles. The van der Waals surface area contributed by atoms with E-state index in [2.05, 4.69) is 9.98 Å². The summed E-state index contributed by atoms with van der Waals surface area (Å²) in [6.07, 6.45) is 1.19. The fourth-order valence-corrected chi connectivity index (χ4v) is 2.02. The van der Waals surface area contributed by atoms with Gasteiger partial charge in [0.15, 0.2) is 6.29 Å². The molecule has 0 saturated carbocycles. The van der Waals surface area contributed by atoms with E-state index in [1.54, 1.807) is 27.4 Å². The van der Waals surface area contributed by atoms with Crippen molar-refractivity contribution in [2.75, 3.05) is 20.8 Å². The Morgan fingerprint density at radius 2 is 2.05 bits per heavy atom. The quantitative estimate of drug-likeness (QED) is 0.647. The van der Waals surface area contributed by atoms with Gasteiger partial charge in [0.1, 0.15) is 5.75 Å². The molecule has 1 aromatic heterocycles. The van der Waals surface area contributed by atoms with Crippen molar-refractivity contribution < 1.29 is 14.6 Å². The Hall–Kier alpha value is -2.18. The predicted octanol–water partition coefficient (Wildman–Crippen LogP) is 1.58. The molecule has 0 bridgehead atoms. The van der Waals surface area contributed by atoms with Crippen LogP contribution in [0.5, 0.6) is 5.75 Å². The van der Waals surface area contributed by atoms with Crippen LogP contribution in [0.1, 0.15) is 11.1 Å². The lowest BCUT2D eigenvalue weighted by atomic mass is 10.1. The van der Waals surface area contributed by atoms with Gasteiger partial charge < -0.3 is 19.6 Å². The molecular formula is C15H18N2O4. The molecule has 0 aliphatic heterocycles. The Bertz CT molecular complexity index is 717. The summed E-state index contributed by atoms with van der Waals surface area (Å²) in [6, 6.07) is 4.82. The molecule has 112 valence electrons. The number of aromatic hydroxyl groups is 1. The van der Waals surface area contributed by atoms with Crippen LogP contribution in [0.4, 0.5) is 0 Å². The number of rotatable bonds is 5. The lowest BCUT2D eigenvalue weighted by Crippen LogP contribution is -2.16. The number of aromatic nitrogens is 1. The number of aryl methyl sites for hydroxylation is 1. The number of fused-ring (bicyclic) bond motifs is 1. The smallest absolute Gasteiger partial charge is 0.249 e. The van der Waals surface area contributed by atoms with Crippen LogP contribution in [-0.4, -0.2) is 43.4 Å². The lowest BCUT2D eigenvalue weighted by Gasteiger charge is -2.09. The van der Waals surface area contributed by atoms with Gasteiger partial charge in [-0.3, -0.25) is 9.79 Å². The maximum Gasteiger partial charge on any atom is 0.249 e. The Kier molecular flexibility index (Phi) is 4.72. The highest BCUT2D eigenvalue weighted by molar-refractivity contribution is 5.98. The van der Waals surface area contributed by atoms with Crippen LogP contribution in [0.2, 0.25) is 0 Å². The number of benzene rings is 1. The van der Waals surface area contributed by atoms with E-state index in [1.807, 2.05) is 6.07 Å². The van der Waals surface area contributed by atoms with Crippen LogP contribution in [-0.2, 0) is 9.47 Å². The van der Waals surface area contributed by atoms with Crippen molar-refractivity contribution in [3.05, 3.63) is 39.7 Å². The van der Waals surface area contributed by atoms with E-state index in [0.717, 1.165) is 10.9 Å². The highest BCUT2D eigenvalue weighted by Crippen LogP contribution is 2.23. The van der Waals surface area contributed by atoms with Gasteiger partial charge in [-0.05, 0) is 18.6 Å². The molecule has 6 heteroatoms. The molecule has 6 nitrogen and oxygen atoms in total. The second kappa shape index (κ2) is 6.51. The number of pyridine rings is 1. The largest absolute Gasteiger partial charge is 0.508 e. The van der Waals surface area contributed by atoms with Crippen LogP contribution in [0.15, 0.2) is 28.0 Å². The highest BCUT2D eigenvalue weighted by Gasteiger charge is 2.06. The van der Waals surface area contributed by atoms with E-state index in [1.165, 1.54) is 12.1 Å². The average molecular weight is 290 g/mol. The van der Waals surface area contributed by atoms with Gasteiger partial charge in [0.05, 0.1) is 12.1 Å². The number of H-pyrrole nitrogens is 1. The number of hydrogen-bond donors (Lipinski definition) is 2. The van der Waals surface area contributed by atoms with Crippen LogP contribution in [0, 0.1) is 6.92 Å². The molecule has 2 rings (SSSR count). The molecule has 0 atom stereocenters. The van der Waals surface area contributed by atoms with Crippen LogP contribution in [0.25, 0.3) is 10.9 Å². The summed E-state index contributed by atoms with van der Waals surface area (Å²) < 4.78 is 10.1. The van der Waals surface area contributed by atoms with Gasteiger partial charge in [0, 0.05) is 43.5 Å². The van der Waals surface area contributed by atoms with Gasteiger partial charge in [0.2, 0.25) is 5.56 Å². The summed E-state index contributed by atoms with van der Waals surface area (Å²) in [5, 5.41) is 10.5. The summed E-state index contributed by atoms with van der Waals surface area (Å²) in [7, 11) is 3.08. The molecule has 1 heterocycles. The standard InChI is InChI=1S/C15H18N2O4/c1-9-4-11-10(7-16-8-15(20-2)21-3)5-14(19)17-12(11)6-13(9)18/h4-7,15,18H,8H2,1-3H3,(H,17,19). The number of nitrogens with zero attached hydrogens (tertiary/aromatic N) is 1. The third kappa shape index (κ3) is 3.48. The number of nitrogens with one attached hydrogen (secondary N) is 1. The summed E-state index contributed by atoms with van der Waals surface area (Å²) in [5.74, 6) is 0.145. The van der Waals surface area contributed by atoms with E-state index in [9.17, 15) is 9.90 Å². The highest BCUT2D eigenvalue weighted by atomic mass is 16.7. The molecule has 21 heavy (non-hydrogen) atoms. The summed E-state index contributed by atoms with van der Waals surface area (Å²) in [4.78, 5) is 18.6. The van der Waals surface area contributed by atoms with E-state index in [-0.39, 0.29) is 11.3 Å². The Morgan fingerprint density at radius 1 is 1.33 bits per heavy atom. The lowest BCUT2D eigenvalue weighted by molar-refractivity contribution is -0.0936. The molecule has 0 radical (unpaired) electrons. The Balaban J connectivity index is 2.41. The summed E-state index contributed by atoms with van der Waals surface area (Å²) in [6.45, 7) is 2.13. The Labute approximate surface area is 122 Å². The maximum atomic E-state index is 11.7. The van der Waals surface area contributed by atoms with Crippen LogP contribution >= 0.6 is 0 Å². The van der Waals surface area contributed by atoms with Gasteiger partial charge in [0.25, 0.3) is 0 Å². The maximum absolute atomic E-state index is 11.7. The first-order valence-corrected chi connectivity index (χ1v) is 6.47. The second-order valence-corrected chi connectivity index (χ2v) is 4.67. The molecule has 0 fully saturated rings. The van der Waals surface area contributed by atoms with E-state index >= 15 is 0 Å². The third-order valence-electron chi connectivity index (χ3n) is 3.20. The van der Waals surface area contributed by atoms with Crippen molar-refractivity contribution in [3.8, 4) is 5.75 Å². The molecule has 0 saturated heterocycles. The van der Waals surface area contributed by atoms with Crippen LogP contribution in [0.3, 0.4) is 0 Å². The summed E-state index contributed by atoms with van der Waals surface area (Å²) >= 11 is 0. The zero-order valence-corrected chi connectivity index (χ0v) is 12.2. The van der Waals surface area contributed by atoms with Crippen molar-refractivity contribution >= 4 is 17.1 Å². The predicted molar refractivity (Wildman–Crippen MR) is 81.2 cm³/mol. The number of hydrogen-bond acceptors (Lipinski definition) is 5. The minimum absolute atomic E-state index is 0.145. The number of phenolic OH excluding ortho intramolecular Hbond substituents is 1. The topological polar surface area (TPSA) is 83.9 Å². The molecule has 2 N–H and O–H groups in total. The normalized spacial score (nSPS) is 11.8. The first-order valence-electron chi connectivity index (χ1n) is 6.47. The average Bonchev–Trinajstić information content (AvgIpc) is 2.45. The minimum atomic E-state index is -0.416. The number of aromatic amines is 1. The van der Waals surface area contributed by atoms with Crippen molar-refractivity contribution in [2.45, 2.75) is 13.2 Å². The molecule has 0 unspecified atom stereocenters. The van der Waals surface area contributed by atoms with E-state index in [4.69, 9.17) is 9.47 Å². The van der Waals surface area contributed by atoms with Crippen molar-refractivity contribution in [3.63, 3.8) is 0 Å². The zero-order valence-electron chi connectivity index (χ0n) is 12.2. The third-order valence-corrected chi connectivity index (χ3v) is 3.20. The number of aliphatic imine (C=N–C) groups is 1. The molecule has 0 spiro atoms. The number of methoxy groups -OCH3 is 2. The minimum Gasteiger partial charge on any atom is -0.508 e. The summed E-state index contributed by atoms with van der Waals surface area (Å²) in [5.41, 5.74) is 1.74. The van der Waals surface area contributed by atoms with Gasteiger partial charge in [-0.15, -0.1) is 0 Å². The zero-order chi connectivity index (χ0) is 15.4. The molecule has 0 aliphatic rings. The van der Waals surface area contributed by atoms with Crippen molar-refractivity contribution in [1.82, 2.24) is 4.98 Å². The molecular weight excluding hydrogens is 272 g/mol. The monoisotopic (exact) mass is 290 g/mol. The van der Waals surface area contributed by atoms with Gasteiger partial charge >= 0.3 is 0 Å². The van der Waals surface area contributed by atoms with Crippen molar-refractivity contribution in [2.24, 2.45) is 4.99 Å². The fourth-order valence-electron chi connectivity index (χ4n) is 2.02.